The van der Waals surface area contributed by atoms with Gasteiger partial charge in [0, 0.05) is 38.9 Å². The number of hydrogen-bond acceptors (Lipinski definition) is 4. The fraction of sp³-hybridized carbons (Fsp3) is 0.667. The number of aldehydes is 1. The van der Waals surface area contributed by atoms with Crippen molar-refractivity contribution in [2.75, 3.05) is 39.4 Å². The van der Waals surface area contributed by atoms with Gasteiger partial charge in [0.15, 0.2) is 6.29 Å². The third kappa shape index (κ3) is 3.69. The van der Waals surface area contributed by atoms with Crippen LogP contribution in [0.2, 0.25) is 0 Å². The van der Waals surface area contributed by atoms with E-state index in [9.17, 15) is 4.79 Å². The molecule has 0 radical (unpaired) electrons. The number of aromatic nitrogens is 1. The Bertz CT molecular complexity index is 421. The Morgan fingerprint density at radius 1 is 1.30 bits per heavy atom. The molecular formula is C15H23N3O2. The lowest BCUT2D eigenvalue weighted by atomic mass is 10.3. The minimum Gasteiger partial charge on any atom is -0.379 e. The number of likely N-dealkylation sites (tertiary alicyclic amines) is 1. The highest BCUT2D eigenvalue weighted by molar-refractivity contribution is 5.72. The highest BCUT2D eigenvalue weighted by Gasteiger charge is 2.44. The minimum atomic E-state index is 0.685. The Hall–Kier alpha value is -1.17. The first-order valence-electron chi connectivity index (χ1n) is 7.48. The lowest BCUT2D eigenvalue weighted by molar-refractivity contribution is 0.109. The summed E-state index contributed by atoms with van der Waals surface area (Å²) in [6.07, 6.45) is 4.25. The quantitative estimate of drug-likeness (QED) is 0.806. The zero-order valence-corrected chi connectivity index (χ0v) is 11.8. The molecule has 4 rings (SSSR count). The summed E-state index contributed by atoms with van der Waals surface area (Å²) in [6, 6.07) is 1.94. The molecule has 2 N–H and O–H groups in total. The van der Waals surface area contributed by atoms with Crippen LogP contribution >= 0.6 is 0 Å². The summed E-state index contributed by atoms with van der Waals surface area (Å²) in [5.41, 5.74) is 1.91. The second-order valence-corrected chi connectivity index (χ2v) is 5.89. The molecule has 110 valence electrons. The molecule has 2 aliphatic heterocycles. The molecule has 3 heterocycles. The van der Waals surface area contributed by atoms with Crippen molar-refractivity contribution in [1.82, 2.24) is 15.2 Å². The van der Waals surface area contributed by atoms with E-state index >= 15 is 0 Å². The average Bonchev–Trinajstić information content (AvgIpc) is 2.91. The number of aromatic amines is 1. The normalized spacial score (nSPS) is 28.4. The third-order valence-electron chi connectivity index (χ3n) is 4.20. The molecule has 3 fully saturated rings. The number of carbonyl (C=O) groups is 1. The lowest BCUT2D eigenvalue weighted by Crippen LogP contribution is -2.30. The van der Waals surface area contributed by atoms with Gasteiger partial charge in [0.1, 0.15) is 0 Å². The molecule has 1 aromatic rings. The second-order valence-electron chi connectivity index (χ2n) is 5.89. The van der Waals surface area contributed by atoms with E-state index in [0.717, 1.165) is 51.0 Å². The Labute approximate surface area is 119 Å². The van der Waals surface area contributed by atoms with Gasteiger partial charge in [-0.25, -0.2) is 0 Å². The fourth-order valence-corrected chi connectivity index (χ4v) is 3.02. The number of piperidine rings is 1. The Balaban J connectivity index is 0.000000170. The average molecular weight is 277 g/mol. The van der Waals surface area contributed by atoms with Crippen LogP contribution < -0.4 is 5.32 Å². The fourth-order valence-electron chi connectivity index (χ4n) is 3.02. The van der Waals surface area contributed by atoms with Crippen LogP contribution in [-0.2, 0) is 11.3 Å². The van der Waals surface area contributed by atoms with Crippen molar-refractivity contribution in [3.05, 3.63) is 23.5 Å². The van der Waals surface area contributed by atoms with E-state index in [-0.39, 0.29) is 0 Å². The number of carbonyl (C=O) groups excluding carboxylic acids is 1. The Kier molecular flexibility index (Phi) is 4.50. The number of ether oxygens (including phenoxy) is 1. The van der Waals surface area contributed by atoms with Gasteiger partial charge in [-0.15, -0.1) is 0 Å². The third-order valence-corrected chi connectivity index (χ3v) is 4.20. The summed E-state index contributed by atoms with van der Waals surface area (Å²) in [5.74, 6) is 1.97. The van der Waals surface area contributed by atoms with Crippen LogP contribution in [0, 0.1) is 11.8 Å². The van der Waals surface area contributed by atoms with Crippen molar-refractivity contribution < 1.29 is 9.53 Å². The highest BCUT2D eigenvalue weighted by Crippen LogP contribution is 2.45. The van der Waals surface area contributed by atoms with Crippen LogP contribution in [0.1, 0.15) is 22.5 Å². The van der Waals surface area contributed by atoms with Crippen LogP contribution in [0.25, 0.3) is 0 Å². The van der Waals surface area contributed by atoms with Crippen LogP contribution in [0.3, 0.4) is 0 Å². The number of morpholine rings is 1. The molecule has 2 saturated heterocycles. The van der Waals surface area contributed by atoms with Crippen molar-refractivity contribution in [3.63, 3.8) is 0 Å². The maximum Gasteiger partial charge on any atom is 0.166 e. The zero-order chi connectivity index (χ0) is 13.8. The molecule has 0 amide bonds. The summed E-state index contributed by atoms with van der Waals surface area (Å²) >= 11 is 0. The van der Waals surface area contributed by atoms with Gasteiger partial charge in [-0.05, 0) is 29.9 Å². The maximum absolute atomic E-state index is 10.5. The predicted molar refractivity (Wildman–Crippen MR) is 76.7 cm³/mol. The molecular weight excluding hydrogens is 254 g/mol. The SMILES string of the molecule is C1COCCN1.O=Cc1cc(CN2C[C@H]3C[C@H]3C2)c[nH]1. The summed E-state index contributed by atoms with van der Waals surface area (Å²) in [5, 5.41) is 3.16. The predicted octanol–water partition coefficient (Wildman–Crippen LogP) is 0.885. The summed E-state index contributed by atoms with van der Waals surface area (Å²) in [4.78, 5) is 15.9. The standard InChI is InChI=1S/C11H14N2O.C4H9NO/c14-7-11-1-8(3-12-11)4-13-5-9-2-10(9)6-13;1-3-6-4-2-5-1/h1,3,7,9-10,12H,2,4-6H2;5H,1-4H2/t9-,10+;. The first-order chi connectivity index (χ1) is 9.85. The van der Waals surface area contributed by atoms with Gasteiger partial charge < -0.3 is 15.0 Å². The maximum atomic E-state index is 10.5. The van der Waals surface area contributed by atoms with E-state index in [2.05, 4.69) is 15.2 Å². The summed E-state index contributed by atoms with van der Waals surface area (Å²) < 4.78 is 5.01. The van der Waals surface area contributed by atoms with Crippen molar-refractivity contribution in [3.8, 4) is 0 Å². The van der Waals surface area contributed by atoms with Crippen LogP contribution in [-0.4, -0.2) is 55.6 Å². The number of rotatable bonds is 3. The molecule has 0 unspecified atom stereocenters. The molecule has 1 saturated carbocycles. The number of hydrogen-bond donors (Lipinski definition) is 2. The van der Waals surface area contributed by atoms with Gasteiger partial charge in [-0.2, -0.15) is 0 Å². The molecule has 0 spiro atoms. The molecule has 5 nitrogen and oxygen atoms in total. The van der Waals surface area contributed by atoms with Gasteiger partial charge >= 0.3 is 0 Å². The van der Waals surface area contributed by atoms with E-state index in [4.69, 9.17) is 4.74 Å². The molecule has 20 heavy (non-hydrogen) atoms. The number of fused-ring (bicyclic) bond motifs is 1. The van der Waals surface area contributed by atoms with E-state index in [1.165, 1.54) is 25.1 Å². The molecule has 5 heteroatoms. The van der Waals surface area contributed by atoms with Gasteiger partial charge in [0.05, 0.1) is 18.9 Å². The van der Waals surface area contributed by atoms with Crippen LogP contribution in [0.15, 0.2) is 12.3 Å². The summed E-state index contributed by atoms with van der Waals surface area (Å²) in [6.45, 7) is 7.34. The topological polar surface area (TPSA) is 57.4 Å². The number of nitrogens with zero attached hydrogens (tertiary/aromatic N) is 1. The molecule has 0 aromatic carbocycles. The monoisotopic (exact) mass is 277 g/mol. The molecule has 3 aliphatic rings. The smallest absolute Gasteiger partial charge is 0.166 e. The van der Waals surface area contributed by atoms with Gasteiger partial charge in [-0.3, -0.25) is 9.69 Å². The van der Waals surface area contributed by atoms with Gasteiger partial charge in [0.2, 0.25) is 0 Å². The van der Waals surface area contributed by atoms with Crippen molar-refractivity contribution in [2.45, 2.75) is 13.0 Å². The van der Waals surface area contributed by atoms with E-state index in [1.54, 1.807) is 0 Å². The Morgan fingerprint density at radius 3 is 2.55 bits per heavy atom. The highest BCUT2D eigenvalue weighted by atomic mass is 16.5. The van der Waals surface area contributed by atoms with Crippen LogP contribution in [0.4, 0.5) is 0 Å². The number of nitrogens with one attached hydrogen (secondary N) is 2. The van der Waals surface area contributed by atoms with Crippen molar-refractivity contribution in [2.24, 2.45) is 11.8 Å². The van der Waals surface area contributed by atoms with E-state index < -0.39 is 0 Å². The summed E-state index contributed by atoms with van der Waals surface area (Å²) in [7, 11) is 0. The zero-order valence-electron chi connectivity index (χ0n) is 11.8. The first-order valence-corrected chi connectivity index (χ1v) is 7.48. The molecule has 2 atom stereocenters. The molecule has 1 aromatic heterocycles. The van der Waals surface area contributed by atoms with Crippen molar-refractivity contribution in [1.29, 1.82) is 0 Å². The van der Waals surface area contributed by atoms with E-state index in [0.29, 0.717) is 5.69 Å². The Morgan fingerprint density at radius 2 is 2.05 bits per heavy atom. The minimum absolute atomic E-state index is 0.685. The van der Waals surface area contributed by atoms with Gasteiger partial charge in [0.25, 0.3) is 0 Å². The molecule has 0 bridgehead atoms. The van der Waals surface area contributed by atoms with E-state index in [1.807, 2.05) is 12.3 Å². The van der Waals surface area contributed by atoms with Gasteiger partial charge in [-0.1, -0.05) is 0 Å². The number of H-pyrrole nitrogens is 1. The van der Waals surface area contributed by atoms with Crippen LogP contribution in [0.5, 0.6) is 0 Å². The largest absolute Gasteiger partial charge is 0.379 e. The van der Waals surface area contributed by atoms with Crippen molar-refractivity contribution >= 4 is 6.29 Å². The first kappa shape index (κ1) is 13.8. The lowest BCUT2D eigenvalue weighted by Gasteiger charge is -2.15. The molecule has 1 aliphatic carbocycles. The second kappa shape index (κ2) is 6.52.